The number of amides is 1. The summed E-state index contributed by atoms with van der Waals surface area (Å²) < 4.78 is 0. The number of alkyl halides is 1. The number of carbonyl (C=O) groups is 1. The zero-order valence-corrected chi connectivity index (χ0v) is 8.78. The van der Waals surface area contributed by atoms with Gasteiger partial charge in [0.2, 0.25) is 11.0 Å². The first kappa shape index (κ1) is 10.4. The second-order valence-electron chi connectivity index (χ2n) is 2.43. The molecule has 1 aromatic heterocycles. The van der Waals surface area contributed by atoms with Crippen LogP contribution in [-0.2, 0) is 11.2 Å². The summed E-state index contributed by atoms with van der Waals surface area (Å²) in [7, 11) is 0. The van der Waals surface area contributed by atoms with Gasteiger partial charge in [-0.15, -0.1) is 21.8 Å². The molecule has 6 heteroatoms. The van der Waals surface area contributed by atoms with Gasteiger partial charge < -0.3 is 0 Å². The number of rotatable bonds is 4. The molecule has 1 amide bonds. The molecule has 0 saturated heterocycles. The molecule has 13 heavy (non-hydrogen) atoms. The van der Waals surface area contributed by atoms with Crippen molar-refractivity contribution in [3.8, 4) is 0 Å². The maximum absolute atomic E-state index is 10.8. The van der Waals surface area contributed by atoms with Crippen molar-refractivity contribution < 1.29 is 4.79 Å². The molecular weight excluding hydrogens is 210 g/mol. The zero-order valence-electron chi connectivity index (χ0n) is 7.21. The lowest BCUT2D eigenvalue weighted by Gasteiger charge is -1.93. The van der Waals surface area contributed by atoms with Crippen LogP contribution in [0.5, 0.6) is 0 Å². The van der Waals surface area contributed by atoms with Crippen LogP contribution in [-0.4, -0.2) is 22.0 Å². The SMILES string of the molecule is CCCc1nnc(NC(=O)CCl)s1. The maximum atomic E-state index is 10.8. The number of carbonyl (C=O) groups excluding carboxylic acids is 1. The molecule has 0 atom stereocenters. The lowest BCUT2D eigenvalue weighted by Crippen LogP contribution is -2.12. The van der Waals surface area contributed by atoms with Crippen molar-refractivity contribution in [1.29, 1.82) is 0 Å². The molecule has 0 aliphatic heterocycles. The Morgan fingerprint density at radius 1 is 1.62 bits per heavy atom. The molecule has 0 saturated carbocycles. The van der Waals surface area contributed by atoms with Gasteiger partial charge in [-0.1, -0.05) is 18.3 Å². The topological polar surface area (TPSA) is 54.9 Å². The Morgan fingerprint density at radius 3 is 3.00 bits per heavy atom. The van der Waals surface area contributed by atoms with Gasteiger partial charge in [0.15, 0.2) is 0 Å². The third kappa shape index (κ3) is 3.28. The summed E-state index contributed by atoms with van der Waals surface area (Å²) in [6.45, 7) is 2.07. The summed E-state index contributed by atoms with van der Waals surface area (Å²) in [4.78, 5) is 10.8. The third-order valence-electron chi connectivity index (χ3n) is 1.30. The summed E-state index contributed by atoms with van der Waals surface area (Å²) >= 11 is 6.70. The van der Waals surface area contributed by atoms with Crippen molar-refractivity contribution in [1.82, 2.24) is 10.2 Å². The average molecular weight is 220 g/mol. The number of hydrogen-bond donors (Lipinski definition) is 1. The fraction of sp³-hybridized carbons (Fsp3) is 0.571. The summed E-state index contributed by atoms with van der Waals surface area (Å²) in [5, 5.41) is 11.7. The van der Waals surface area contributed by atoms with Gasteiger partial charge in [0.05, 0.1) is 0 Å². The molecule has 4 nitrogen and oxygen atoms in total. The van der Waals surface area contributed by atoms with Crippen molar-refractivity contribution in [2.24, 2.45) is 0 Å². The van der Waals surface area contributed by atoms with E-state index in [4.69, 9.17) is 11.6 Å². The average Bonchev–Trinajstić information content (AvgIpc) is 2.53. The Kier molecular flexibility index (Phi) is 4.11. The Bertz CT molecular complexity index is 289. The Labute approximate surface area is 85.3 Å². The number of hydrogen-bond acceptors (Lipinski definition) is 4. The second kappa shape index (κ2) is 5.14. The minimum Gasteiger partial charge on any atom is -0.299 e. The molecule has 0 aliphatic rings. The number of nitrogens with zero attached hydrogens (tertiary/aromatic N) is 2. The molecule has 1 aromatic rings. The highest BCUT2D eigenvalue weighted by Gasteiger charge is 2.05. The van der Waals surface area contributed by atoms with Crippen LogP contribution >= 0.6 is 22.9 Å². The van der Waals surface area contributed by atoms with Crippen molar-refractivity contribution in [3.63, 3.8) is 0 Å². The molecular formula is C7H10ClN3OS. The van der Waals surface area contributed by atoms with E-state index >= 15 is 0 Å². The first-order valence-corrected chi connectivity index (χ1v) is 5.29. The van der Waals surface area contributed by atoms with Crippen LogP contribution in [0.4, 0.5) is 5.13 Å². The molecule has 0 bridgehead atoms. The molecule has 0 radical (unpaired) electrons. The fourth-order valence-electron chi connectivity index (χ4n) is 0.772. The molecule has 1 rings (SSSR count). The second-order valence-corrected chi connectivity index (χ2v) is 3.76. The van der Waals surface area contributed by atoms with Gasteiger partial charge in [-0.05, 0) is 6.42 Å². The van der Waals surface area contributed by atoms with Crippen molar-refractivity contribution in [3.05, 3.63) is 5.01 Å². The van der Waals surface area contributed by atoms with E-state index in [1.54, 1.807) is 0 Å². The number of aromatic nitrogens is 2. The van der Waals surface area contributed by atoms with Crippen LogP contribution in [0.25, 0.3) is 0 Å². The van der Waals surface area contributed by atoms with Gasteiger partial charge >= 0.3 is 0 Å². The minimum atomic E-state index is -0.249. The van der Waals surface area contributed by atoms with Gasteiger partial charge in [-0.3, -0.25) is 10.1 Å². The molecule has 0 unspecified atom stereocenters. The monoisotopic (exact) mass is 219 g/mol. The molecule has 72 valence electrons. The van der Waals surface area contributed by atoms with E-state index in [1.807, 2.05) is 0 Å². The molecule has 1 N–H and O–H groups in total. The van der Waals surface area contributed by atoms with E-state index in [2.05, 4.69) is 22.4 Å². The highest BCUT2D eigenvalue weighted by Crippen LogP contribution is 2.16. The lowest BCUT2D eigenvalue weighted by molar-refractivity contribution is -0.113. The number of halogens is 1. The van der Waals surface area contributed by atoms with Crippen LogP contribution in [0.1, 0.15) is 18.4 Å². The maximum Gasteiger partial charge on any atom is 0.241 e. The highest BCUT2D eigenvalue weighted by atomic mass is 35.5. The fourth-order valence-corrected chi connectivity index (χ4v) is 1.70. The van der Waals surface area contributed by atoms with Crippen LogP contribution in [0.15, 0.2) is 0 Å². The van der Waals surface area contributed by atoms with E-state index < -0.39 is 0 Å². The van der Waals surface area contributed by atoms with Gasteiger partial charge in [-0.2, -0.15) is 0 Å². The van der Waals surface area contributed by atoms with E-state index in [0.717, 1.165) is 17.8 Å². The van der Waals surface area contributed by atoms with E-state index in [9.17, 15) is 4.79 Å². The van der Waals surface area contributed by atoms with Crippen molar-refractivity contribution >= 4 is 34.0 Å². The van der Waals surface area contributed by atoms with Gasteiger partial charge in [0.25, 0.3) is 0 Å². The van der Waals surface area contributed by atoms with Crippen LogP contribution < -0.4 is 5.32 Å². The molecule has 0 fully saturated rings. The Balaban J connectivity index is 2.53. The summed E-state index contributed by atoms with van der Waals surface area (Å²) in [6, 6.07) is 0. The molecule has 0 spiro atoms. The quantitative estimate of drug-likeness (QED) is 0.784. The van der Waals surface area contributed by atoms with E-state index in [1.165, 1.54) is 11.3 Å². The zero-order chi connectivity index (χ0) is 9.68. The number of anilines is 1. The smallest absolute Gasteiger partial charge is 0.241 e. The van der Waals surface area contributed by atoms with Gasteiger partial charge in [0, 0.05) is 6.42 Å². The van der Waals surface area contributed by atoms with Crippen LogP contribution in [0, 0.1) is 0 Å². The predicted molar refractivity (Wildman–Crippen MR) is 53.3 cm³/mol. The molecule has 1 heterocycles. The standard InChI is InChI=1S/C7H10ClN3OS/c1-2-3-6-10-11-7(13-6)9-5(12)4-8/h2-4H2,1H3,(H,9,11,12). The van der Waals surface area contributed by atoms with Crippen LogP contribution in [0.3, 0.4) is 0 Å². The first-order valence-electron chi connectivity index (χ1n) is 3.94. The lowest BCUT2D eigenvalue weighted by atomic mass is 10.4. The Morgan fingerprint density at radius 2 is 2.38 bits per heavy atom. The summed E-state index contributed by atoms with van der Waals surface area (Å²) in [6.07, 6.45) is 1.92. The summed E-state index contributed by atoms with van der Waals surface area (Å²) in [5.74, 6) is -0.302. The van der Waals surface area contributed by atoms with E-state index in [0.29, 0.717) is 5.13 Å². The first-order chi connectivity index (χ1) is 6.26. The van der Waals surface area contributed by atoms with Crippen molar-refractivity contribution in [2.45, 2.75) is 19.8 Å². The largest absolute Gasteiger partial charge is 0.299 e. The van der Waals surface area contributed by atoms with Crippen LogP contribution in [0.2, 0.25) is 0 Å². The Hall–Kier alpha value is -0.680. The molecule has 0 aliphatic carbocycles. The van der Waals surface area contributed by atoms with Crippen molar-refractivity contribution in [2.75, 3.05) is 11.2 Å². The normalized spacial score (nSPS) is 10.0. The number of aryl methyl sites for hydroxylation is 1. The number of nitrogens with one attached hydrogen (secondary N) is 1. The van der Waals surface area contributed by atoms with Gasteiger partial charge in [-0.25, -0.2) is 0 Å². The third-order valence-corrected chi connectivity index (χ3v) is 2.44. The van der Waals surface area contributed by atoms with Gasteiger partial charge in [0.1, 0.15) is 10.9 Å². The highest BCUT2D eigenvalue weighted by molar-refractivity contribution is 7.15. The minimum absolute atomic E-state index is 0.0529. The molecule has 0 aromatic carbocycles. The van der Waals surface area contributed by atoms with E-state index in [-0.39, 0.29) is 11.8 Å². The summed E-state index contributed by atoms with van der Waals surface area (Å²) in [5.41, 5.74) is 0. The predicted octanol–water partition coefficient (Wildman–Crippen LogP) is 1.67.